The van der Waals surface area contributed by atoms with Crippen molar-refractivity contribution in [3.8, 4) is 11.3 Å². The van der Waals surface area contributed by atoms with Crippen LogP contribution in [0.25, 0.3) is 11.3 Å². The maximum Gasteiger partial charge on any atom is 0.416 e. The second kappa shape index (κ2) is 20.8. The van der Waals surface area contributed by atoms with Gasteiger partial charge in [0.05, 0.1) is 50.7 Å². The highest BCUT2D eigenvalue weighted by Gasteiger charge is 2.47. The number of halogens is 24. The summed E-state index contributed by atoms with van der Waals surface area (Å²) in [5, 5.41) is 0. The summed E-state index contributed by atoms with van der Waals surface area (Å²) in [6.07, 6.45) is -48.9. The molecular weight excluding hydrogens is 1120 g/mol. The van der Waals surface area contributed by atoms with Gasteiger partial charge in [0.1, 0.15) is 11.8 Å². The van der Waals surface area contributed by atoms with Crippen LogP contribution in [0.1, 0.15) is 50.1 Å². The molecule has 410 valence electrons. The third-order valence-electron chi connectivity index (χ3n) is 11.6. The molecule has 0 aliphatic carbocycles. The topological polar surface area (TPSA) is 16.8 Å². The second-order valence-corrected chi connectivity index (χ2v) is 17.3. The highest BCUT2D eigenvalue weighted by atomic mass is 32.1. The van der Waals surface area contributed by atoms with Gasteiger partial charge in [-0.2, -0.15) is 132 Å². The minimum absolute atomic E-state index is 0.691. The zero-order valence-corrected chi connectivity index (χ0v) is 38.4. The van der Waals surface area contributed by atoms with E-state index in [2.05, 4.69) is 52.6 Å². The van der Waals surface area contributed by atoms with E-state index >= 15 is 0 Å². The largest absolute Gasteiger partial charge is 0.416 e. The first kappa shape index (κ1) is 59.4. The van der Waals surface area contributed by atoms with Crippen molar-refractivity contribution in [2.75, 3.05) is 0 Å². The molecule has 28 heteroatoms. The maximum atomic E-state index is 14.2. The average molecular weight is 1140 g/mol. The van der Waals surface area contributed by atoms with Crippen LogP contribution < -0.4 is 26.4 Å². The molecule has 6 aromatic carbocycles. The van der Waals surface area contributed by atoms with Crippen LogP contribution in [0.2, 0.25) is 0 Å². The van der Waals surface area contributed by atoms with Gasteiger partial charge in [0.2, 0.25) is 0 Å². The van der Waals surface area contributed by atoms with Gasteiger partial charge in [-0.15, -0.1) is 12.6 Å². The first-order chi connectivity index (χ1) is 35.1. The van der Waals surface area contributed by atoms with Gasteiger partial charge in [-0.05, 0) is 30.3 Å². The summed E-state index contributed by atoms with van der Waals surface area (Å²) >= 11 is 4.49. The molecule has 0 spiro atoms. The van der Waals surface area contributed by atoms with Gasteiger partial charge < -0.3 is 0 Å². The Labute approximate surface area is 422 Å². The SMILES string of the molecule is FC(F)(F)c1cc([B-](c2cc(C(F)(F)F)cc(C(F)(F)F)c2)(c2cc(C(F)(F)F)cc(C(F)(F)F)c2)c2cc(C(F)(F)F)cc(C(F)(F)F)c2)cc(C(F)(F)F)c1.Sc1ccccc1-c1c[n+](Cc2ccccc2)ccn1. The third kappa shape index (κ3) is 13.8. The average Bonchev–Trinajstić information content (AvgIpc) is 3.30. The number of thiol groups is 1. The first-order valence-corrected chi connectivity index (χ1v) is 21.6. The fourth-order valence-corrected chi connectivity index (χ4v) is 8.50. The Balaban J connectivity index is 0.000000397. The zero-order valence-electron chi connectivity index (χ0n) is 37.6. The van der Waals surface area contributed by atoms with Crippen LogP contribution in [0.15, 0.2) is 151 Å². The molecular formula is C49H27BF24N2S. The van der Waals surface area contributed by atoms with E-state index in [-0.39, 0.29) is 0 Å². The molecule has 0 fully saturated rings. The lowest BCUT2D eigenvalue weighted by Crippen LogP contribution is -2.75. The standard InChI is InChI=1S/C32H12BF24.C17H14N2S/c34-25(35,36)13-1-14(26(37,38)39)6-21(5-13)33(22-7-15(27(40,41)42)2-16(8-22)28(43,44)45,23-9-17(29(46,47)48)3-18(10-23)30(49,50)51)24-11-19(31(52,53)54)4-20(12-24)32(55,56)57;20-17-9-5-4-8-15(17)16-13-19(11-10-18-16)12-14-6-2-1-3-7-14/h1-12H;1-11,13H,12H2/q-1;/p+1. The Bertz CT molecular complexity index is 2800. The second-order valence-electron chi connectivity index (χ2n) is 16.8. The predicted molar refractivity (Wildman–Crippen MR) is 233 cm³/mol. The van der Waals surface area contributed by atoms with E-state index < -0.39 is 195 Å². The van der Waals surface area contributed by atoms with Crippen molar-refractivity contribution in [2.24, 2.45) is 0 Å². The van der Waals surface area contributed by atoms with Gasteiger partial charge in [-0.1, -0.05) is 97.1 Å². The van der Waals surface area contributed by atoms with Crippen LogP contribution >= 0.6 is 12.6 Å². The van der Waals surface area contributed by atoms with E-state index in [1.165, 1.54) is 5.56 Å². The summed E-state index contributed by atoms with van der Waals surface area (Å²) in [5.74, 6) is 0. The van der Waals surface area contributed by atoms with Crippen molar-refractivity contribution < 1.29 is 110 Å². The van der Waals surface area contributed by atoms with Gasteiger partial charge >= 0.3 is 49.4 Å². The molecule has 77 heavy (non-hydrogen) atoms. The lowest BCUT2D eigenvalue weighted by Gasteiger charge is -2.46. The lowest BCUT2D eigenvalue weighted by atomic mass is 9.12. The number of aromatic nitrogens is 2. The van der Waals surface area contributed by atoms with Crippen molar-refractivity contribution in [1.82, 2.24) is 4.98 Å². The summed E-state index contributed by atoms with van der Waals surface area (Å²) < 4.78 is 343. The Hall–Kier alpha value is -6.87. The third-order valence-corrected chi connectivity index (χ3v) is 12.0. The molecule has 0 aliphatic heterocycles. The normalized spacial score (nSPS) is 13.3. The molecule has 0 amide bonds. The Morgan fingerprint density at radius 3 is 0.909 bits per heavy atom. The molecule has 0 unspecified atom stereocenters. The van der Waals surface area contributed by atoms with Crippen LogP contribution in [0, 0.1) is 0 Å². The van der Waals surface area contributed by atoms with Crippen LogP contribution in [-0.4, -0.2) is 11.1 Å². The van der Waals surface area contributed by atoms with Gasteiger partial charge in [0.25, 0.3) is 0 Å². The molecule has 1 heterocycles. The lowest BCUT2D eigenvalue weighted by molar-refractivity contribution is -0.688. The van der Waals surface area contributed by atoms with Crippen molar-refractivity contribution in [3.63, 3.8) is 0 Å². The van der Waals surface area contributed by atoms with Crippen molar-refractivity contribution in [1.29, 1.82) is 0 Å². The molecule has 0 radical (unpaired) electrons. The van der Waals surface area contributed by atoms with Gasteiger partial charge in [0.15, 0.2) is 18.9 Å². The Morgan fingerprint density at radius 1 is 0.364 bits per heavy atom. The molecule has 0 saturated heterocycles. The van der Waals surface area contributed by atoms with E-state index in [1.807, 2.05) is 42.7 Å². The molecule has 0 atom stereocenters. The predicted octanol–water partition coefficient (Wildman–Crippen LogP) is 14.6. The van der Waals surface area contributed by atoms with Crippen molar-refractivity contribution in [3.05, 3.63) is 196 Å². The highest BCUT2D eigenvalue weighted by molar-refractivity contribution is 7.80. The van der Waals surface area contributed by atoms with Gasteiger partial charge in [-0.25, -0.2) is 4.98 Å². The number of hydrogen-bond donors (Lipinski definition) is 1. The Morgan fingerprint density at radius 2 is 0.636 bits per heavy atom. The molecule has 1 aromatic heterocycles. The molecule has 0 N–H and O–H groups in total. The number of nitrogens with zero attached hydrogens (tertiary/aromatic N) is 2. The zero-order chi connectivity index (χ0) is 57.7. The summed E-state index contributed by atoms with van der Waals surface area (Å²) in [6, 6.07) is 9.59. The van der Waals surface area contributed by atoms with E-state index in [4.69, 9.17) is 0 Å². The quantitative estimate of drug-likeness (QED) is 0.0728. The molecule has 0 saturated carbocycles. The smallest absolute Gasteiger partial charge is 0.244 e. The number of hydrogen-bond acceptors (Lipinski definition) is 2. The highest BCUT2D eigenvalue weighted by Crippen LogP contribution is 2.41. The first-order valence-electron chi connectivity index (χ1n) is 21.1. The van der Waals surface area contributed by atoms with Gasteiger partial charge in [-0.3, -0.25) is 0 Å². The monoisotopic (exact) mass is 1140 g/mol. The van der Waals surface area contributed by atoms with Gasteiger partial charge in [0, 0.05) is 16.0 Å². The van der Waals surface area contributed by atoms with E-state index in [9.17, 15) is 105 Å². The van der Waals surface area contributed by atoms with E-state index in [0.717, 1.165) is 22.7 Å². The number of alkyl halides is 24. The summed E-state index contributed by atoms with van der Waals surface area (Å²) in [6.45, 7) is 0.838. The number of benzene rings is 6. The maximum absolute atomic E-state index is 14.2. The van der Waals surface area contributed by atoms with Crippen molar-refractivity contribution in [2.45, 2.75) is 60.9 Å². The Kier molecular flexibility index (Phi) is 16.1. The minimum Gasteiger partial charge on any atom is -0.244 e. The fourth-order valence-electron chi connectivity index (χ4n) is 8.23. The summed E-state index contributed by atoms with van der Waals surface area (Å²) in [4.78, 5) is 5.38. The molecule has 7 aromatic rings. The van der Waals surface area contributed by atoms with Crippen LogP contribution in [0.3, 0.4) is 0 Å². The molecule has 7 rings (SSSR count). The van der Waals surface area contributed by atoms with E-state index in [1.54, 1.807) is 0 Å². The molecule has 2 nitrogen and oxygen atoms in total. The summed E-state index contributed by atoms with van der Waals surface area (Å²) in [5.41, 5.74) is -26.9. The minimum atomic E-state index is -6.13. The summed E-state index contributed by atoms with van der Waals surface area (Å²) in [7, 11) is 0. The van der Waals surface area contributed by atoms with Crippen LogP contribution in [-0.2, 0) is 56.0 Å². The van der Waals surface area contributed by atoms with Crippen LogP contribution in [0.5, 0.6) is 0 Å². The molecule has 0 aliphatic rings. The number of rotatable bonds is 7. The molecule has 0 bridgehead atoms. The fraction of sp³-hybridized carbons (Fsp3) is 0.184. The van der Waals surface area contributed by atoms with Crippen molar-refractivity contribution >= 4 is 40.6 Å². The van der Waals surface area contributed by atoms with Crippen LogP contribution in [0.4, 0.5) is 105 Å². The van der Waals surface area contributed by atoms with E-state index in [0.29, 0.717) is 0 Å².